The van der Waals surface area contributed by atoms with Gasteiger partial charge >= 0.3 is 0 Å². The molecule has 0 radical (unpaired) electrons. The van der Waals surface area contributed by atoms with Gasteiger partial charge in [-0.15, -0.1) is 0 Å². The summed E-state index contributed by atoms with van der Waals surface area (Å²) < 4.78 is 7.43. The Balaban J connectivity index is 2.17. The van der Waals surface area contributed by atoms with Gasteiger partial charge in [-0.2, -0.15) is 5.10 Å². The number of hydrogen-bond acceptors (Lipinski definition) is 4. The van der Waals surface area contributed by atoms with Crippen LogP contribution in [0.1, 0.15) is 42.7 Å². The highest BCUT2D eigenvalue weighted by Gasteiger charge is 2.13. The van der Waals surface area contributed by atoms with Crippen molar-refractivity contribution in [1.82, 2.24) is 14.8 Å². The van der Waals surface area contributed by atoms with Crippen LogP contribution in [0.2, 0.25) is 0 Å². The van der Waals surface area contributed by atoms with E-state index in [4.69, 9.17) is 9.52 Å². The number of oxazole rings is 1. The number of rotatable bonds is 4. The molecule has 92 valence electrons. The first-order chi connectivity index (χ1) is 8.10. The van der Waals surface area contributed by atoms with Crippen LogP contribution < -0.4 is 0 Å². The van der Waals surface area contributed by atoms with E-state index in [1.165, 1.54) is 0 Å². The predicted octanol–water partition coefficient (Wildman–Crippen LogP) is 1.84. The maximum Gasteiger partial charge on any atom is 0.197 e. The molecule has 0 aliphatic rings. The van der Waals surface area contributed by atoms with Gasteiger partial charge in [-0.25, -0.2) is 4.98 Å². The minimum atomic E-state index is 0.00658. The van der Waals surface area contributed by atoms with Crippen molar-refractivity contribution in [2.45, 2.75) is 39.8 Å². The summed E-state index contributed by atoms with van der Waals surface area (Å²) in [5.41, 5.74) is 1.70. The third-order valence-corrected chi connectivity index (χ3v) is 2.58. The van der Waals surface area contributed by atoms with Crippen LogP contribution in [0.25, 0.3) is 0 Å². The first-order valence-electron chi connectivity index (χ1n) is 5.68. The van der Waals surface area contributed by atoms with Crippen molar-refractivity contribution in [2.24, 2.45) is 0 Å². The first kappa shape index (κ1) is 11.9. The molecule has 1 N–H and O–H groups in total. The summed E-state index contributed by atoms with van der Waals surface area (Å²) in [6.45, 7) is 6.58. The van der Waals surface area contributed by atoms with Crippen LogP contribution in [0.3, 0.4) is 0 Å². The molecule has 2 aromatic heterocycles. The largest absolute Gasteiger partial charge is 0.443 e. The number of nitrogens with zero attached hydrogens (tertiary/aromatic N) is 3. The van der Waals surface area contributed by atoms with E-state index in [2.05, 4.69) is 10.1 Å². The summed E-state index contributed by atoms with van der Waals surface area (Å²) in [5, 5.41) is 13.1. The van der Waals surface area contributed by atoms with E-state index in [1.54, 1.807) is 17.1 Å². The molecule has 2 heterocycles. The summed E-state index contributed by atoms with van der Waals surface area (Å²) >= 11 is 0. The van der Waals surface area contributed by atoms with E-state index < -0.39 is 0 Å². The molecule has 5 heteroatoms. The zero-order chi connectivity index (χ0) is 12.4. The first-order valence-corrected chi connectivity index (χ1v) is 5.68. The Kier molecular flexibility index (Phi) is 3.28. The second kappa shape index (κ2) is 4.71. The molecule has 0 fully saturated rings. The molecule has 2 rings (SSSR count). The SMILES string of the molecule is Cc1nc(C(C)C)oc1Cn1cc(CO)cn1. The van der Waals surface area contributed by atoms with E-state index in [0.717, 1.165) is 22.9 Å². The molecule has 0 aromatic carbocycles. The zero-order valence-corrected chi connectivity index (χ0v) is 10.3. The van der Waals surface area contributed by atoms with Gasteiger partial charge in [0.05, 0.1) is 18.5 Å². The lowest BCUT2D eigenvalue weighted by Crippen LogP contribution is -2.00. The highest BCUT2D eigenvalue weighted by atomic mass is 16.4. The molecule has 0 saturated carbocycles. The molecule has 0 amide bonds. The van der Waals surface area contributed by atoms with Crippen LogP contribution >= 0.6 is 0 Å². The van der Waals surface area contributed by atoms with Crippen LogP contribution in [0.15, 0.2) is 16.8 Å². The quantitative estimate of drug-likeness (QED) is 0.878. The molecule has 5 nitrogen and oxygen atoms in total. The molecule has 0 atom stereocenters. The minimum absolute atomic E-state index is 0.00658. The van der Waals surface area contributed by atoms with E-state index in [9.17, 15) is 0 Å². The Bertz CT molecular complexity index is 500. The van der Waals surface area contributed by atoms with E-state index in [-0.39, 0.29) is 12.5 Å². The molecule has 0 aliphatic heterocycles. The lowest BCUT2D eigenvalue weighted by molar-refractivity contribution is 0.281. The lowest BCUT2D eigenvalue weighted by atomic mass is 10.2. The number of aliphatic hydroxyl groups is 1. The van der Waals surface area contributed by atoms with Gasteiger partial charge in [-0.05, 0) is 6.92 Å². The van der Waals surface area contributed by atoms with Crippen LogP contribution in [0, 0.1) is 6.92 Å². The molecule has 0 aliphatic carbocycles. The lowest BCUT2D eigenvalue weighted by Gasteiger charge is -1.99. The summed E-state index contributed by atoms with van der Waals surface area (Å²) in [7, 11) is 0. The Morgan fingerprint density at radius 2 is 2.24 bits per heavy atom. The van der Waals surface area contributed by atoms with Gasteiger partial charge in [0.1, 0.15) is 12.3 Å². The van der Waals surface area contributed by atoms with Crippen molar-refractivity contribution >= 4 is 0 Å². The van der Waals surface area contributed by atoms with E-state index >= 15 is 0 Å². The molecule has 0 spiro atoms. The van der Waals surface area contributed by atoms with Gasteiger partial charge in [-0.1, -0.05) is 13.8 Å². The van der Waals surface area contributed by atoms with Crippen molar-refractivity contribution in [2.75, 3.05) is 0 Å². The second-order valence-electron chi connectivity index (χ2n) is 4.42. The predicted molar refractivity (Wildman–Crippen MR) is 62.6 cm³/mol. The highest BCUT2D eigenvalue weighted by molar-refractivity contribution is 5.11. The van der Waals surface area contributed by atoms with Gasteiger partial charge in [0.25, 0.3) is 0 Å². The smallest absolute Gasteiger partial charge is 0.197 e. The Labute approximate surface area is 100 Å². The number of aliphatic hydroxyl groups excluding tert-OH is 1. The topological polar surface area (TPSA) is 64.1 Å². The van der Waals surface area contributed by atoms with Crippen molar-refractivity contribution in [3.8, 4) is 0 Å². The summed E-state index contributed by atoms with van der Waals surface area (Å²) in [6, 6.07) is 0. The van der Waals surface area contributed by atoms with Crippen LogP contribution in [-0.4, -0.2) is 19.9 Å². The standard InChI is InChI=1S/C12H17N3O2/c1-8(2)12-14-9(3)11(17-12)6-15-5-10(7-16)4-13-15/h4-5,8,16H,6-7H2,1-3H3. The molecular weight excluding hydrogens is 218 g/mol. The Morgan fingerprint density at radius 1 is 1.47 bits per heavy atom. The van der Waals surface area contributed by atoms with Gasteiger partial charge in [0.2, 0.25) is 0 Å². The van der Waals surface area contributed by atoms with Gasteiger partial charge in [-0.3, -0.25) is 4.68 Å². The monoisotopic (exact) mass is 235 g/mol. The van der Waals surface area contributed by atoms with E-state index in [1.807, 2.05) is 20.8 Å². The Morgan fingerprint density at radius 3 is 2.76 bits per heavy atom. The van der Waals surface area contributed by atoms with Gasteiger partial charge in [0, 0.05) is 17.7 Å². The van der Waals surface area contributed by atoms with Crippen LogP contribution in [0.5, 0.6) is 0 Å². The fraction of sp³-hybridized carbons (Fsp3) is 0.500. The average molecular weight is 235 g/mol. The molecule has 0 unspecified atom stereocenters. The fourth-order valence-corrected chi connectivity index (χ4v) is 1.57. The van der Waals surface area contributed by atoms with Crippen LogP contribution in [0.4, 0.5) is 0 Å². The molecule has 0 bridgehead atoms. The maximum atomic E-state index is 8.96. The molecule has 2 aromatic rings. The Hall–Kier alpha value is -1.62. The number of aromatic nitrogens is 3. The van der Waals surface area contributed by atoms with Gasteiger partial charge < -0.3 is 9.52 Å². The van der Waals surface area contributed by atoms with Gasteiger partial charge in [0.15, 0.2) is 5.89 Å². The van der Waals surface area contributed by atoms with Crippen molar-refractivity contribution in [1.29, 1.82) is 0 Å². The number of aryl methyl sites for hydroxylation is 1. The minimum Gasteiger partial charge on any atom is -0.443 e. The molecule has 17 heavy (non-hydrogen) atoms. The van der Waals surface area contributed by atoms with Crippen LogP contribution in [-0.2, 0) is 13.2 Å². The van der Waals surface area contributed by atoms with Crippen molar-refractivity contribution in [3.63, 3.8) is 0 Å². The van der Waals surface area contributed by atoms with E-state index in [0.29, 0.717) is 6.54 Å². The summed E-state index contributed by atoms with van der Waals surface area (Å²) in [6.07, 6.45) is 3.45. The fourth-order valence-electron chi connectivity index (χ4n) is 1.57. The normalized spacial score (nSPS) is 11.4. The number of hydrogen-bond donors (Lipinski definition) is 1. The van der Waals surface area contributed by atoms with Crippen molar-refractivity contribution < 1.29 is 9.52 Å². The maximum absolute atomic E-state index is 8.96. The molecular formula is C12H17N3O2. The third-order valence-electron chi connectivity index (χ3n) is 2.58. The zero-order valence-electron chi connectivity index (χ0n) is 10.3. The molecule has 0 saturated heterocycles. The summed E-state index contributed by atoms with van der Waals surface area (Å²) in [5.74, 6) is 1.86. The summed E-state index contributed by atoms with van der Waals surface area (Å²) in [4.78, 5) is 4.38. The third kappa shape index (κ3) is 2.55. The second-order valence-corrected chi connectivity index (χ2v) is 4.42. The highest BCUT2D eigenvalue weighted by Crippen LogP contribution is 2.18. The van der Waals surface area contributed by atoms with Crippen molar-refractivity contribution in [3.05, 3.63) is 35.3 Å². The average Bonchev–Trinajstić information content (AvgIpc) is 2.87.